The van der Waals surface area contributed by atoms with Crippen LogP contribution >= 0.6 is 11.6 Å². The highest BCUT2D eigenvalue weighted by atomic mass is 35.5. The van der Waals surface area contributed by atoms with E-state index in [1.807, 2.05) is 19.1 Å². The van der Waals surface area contributed by atoms with E-state index in [0.29, 0.717) is 23.9 Å². The van der Waals surface area contributed by atoms with Crippen molar-refractivity contribution in [2.75, 3.05) is 33.3 Å². The Labute approximate surface area is 142 Å². The number of rotatable bonds is 6. The number of carbonyl (C=O) groups excluding carboxylic acids is 1. The molecule has 1 aliphatic rings. The minimum Gasteiger partial charge on any atom is -0.489 e. The highest BCUT2D eigenvalue weighted by Crippen LogP contribution is 2.25. The Hall–Kier alpha value is -1.30. The molecule has 1 fully saturated rings. The molecule has 5 nitrogen and oxygen atoms in total. The van der Waals surface area contributed by atoms with Crippen LogP contribution in [0.2, 0.25) is 5.02 Å². The zero-order chi connectivity index (χ0) is 16.8. The zero-order valence-corrected chi connectivity index (χ0v) is 14.5. The van der Waals surface area contributed by atoms with Gasteiger partial charge >= 0.3 is 0 Å². The summed E-state index contributed by atoms with van der Waals surface area (Å²) in [5, 5.41) is 13.4. The summed E-state index contributed by atoms with van der Waals surface area (Å²) in [7, 11) is 1.66. The van der Waals surface area contributed by atoms with Gasteiger partial charge in [-0.15, -0.1) is 0 Å². The largest absolute Gasteiger partial charge is 0.489 e. The van der Waals surface area contributed by atoms with Crippen LogP contribution in [0.25, 0.3) is 0 Å². The fraction of sp³-hybridized carbons (Fsp3) is 0.588. The number of hydrogen-bond acceptors (Lipinski definition) is 4. The Bertz CT molecular complexity index is 539. The molecule has 23 heavy (non-hydrogen) atoms. The number of piperidine rings is 1. The molecule has 0 radical (unpaired) electrons. The van der Waals surface area contributed by atoms with Gasteiger partial charge in [0.05, 0.1) is 10.9 Å². The number of nitrogens with one attached hydrogen (secondary N) is 1. The summed E-state index contributed by atoms with van der Waals surface area (Å²) >= 11 is 6.08. The molecular weight excluding hydrogens is 316 g/mol. The van der Waals surface area contributed by atoms with Gasteiger partial charge in [0, 0.05) is 20.1 Å². The summed E-state index contributed by atoms with van der Waals surface area (Å²) in [6.45, 7) is 4.23. The van der Waals surface area contributed by atoms with Gasteiger partial charge in [0.2, 0.25) is 5.91 Å². The number of β-amino-alcohol motifs (C(OH)–C–C–N with tert-alkyl or cyclic N) is 1. The second-order valence-electron chi connectivity index (χ2n) is 6.11. The molecule has 2 rings (SSSR count). The highest BCUT2D eigenvalue weighted by molar-refractivity contribution is 6.32. The number of benzene rings is 1. The molecule has 0 bridgehead atoms. The van der Waals surface area contributed by atoms with Gasteiger partial charge in [-0.3, -0.25) is 9.69 Å². The van der Waals surface area contributed by atoms with Crippen LogP contribution in [-0.4, -0.2) is 55.3 Å². The topological polar surface area (TPSA) is 61.8 Å². The molecule has 0 saturated carbocycles. The minimum absolute atomic E-state index is 0.00749. The molecule has 1 aromatic carbocycles. The van der Waals surface area contributed by atoms with Gasteiger partial charge in [-0.1, -0.05) is 17.7 Å². The van der Waals surface area contributed by atoms with Gasteiger partial charge in [0.15, 0.2) is 0 Å². The van der Waals surface area contributed by atoms with E-state index in [1.165, 1.54) is 0 Å². The molecule has 1 amide bonds. The van der Waals surface area contributed by atoms with E-state index in [4.69, 9.17) is 16.3 Å². The van der Waals surface area contributed by atoms with Gasteiger partial charge in [0.25, 0.3) is 0 Å². The Kier molecular flexibility index (Phi) is 6.69. The van der Waals surface area contributed by atoms with Crippen LogP contribution in [0.1, 0.15) is 18.4 Å². The smallest absolute Gasteiger partial charge is 0.224 e. The average Bonchev–Trinajstić information content (AvgIpc) is 2.55. The van der Waals surface area contributed by atoms with Crippen molar-refractivity contribution in [1.29, 1.82) is 0 Å². The Morgan fingerprint density at radius 1 is 1.57 bits per heavy atom. The molecule has 128 valence electrons. The van der Waals surface area contributed by atoms with Gasteiger partial charge in [-0.25, -0.2) is 0 Å². The summed E-state index contributed by atoms with van der Waals surface area (Å²) in [6.07, 6.45) is 1.26. The second-order valence-corrected chi connectivity index (χ2v) is 6.52. The van der Waals surface area contributed by atoms with Crippen molar-refractivity contribution in [2.45, 2.75) is 25.9 Å². The molecule has 2 N–H and O–H groups in total. The summed E-state index contributed by atoms with van der Waals surface area (Å²) in [4.78, 5) is 13.9. The lowest BCUT2D eigenvalue weighted by molar-refractivity contribution is -0.126. The molecule has 0 spiro atoms. The maximum absolute atomic E-state index is 11.7. The average molecular weight is 341 g/mol. The second kappa shape index (κ2) is 8.52. The fourth-order valence-electron chi connectivity index (χ4n) is 2.90. The molecule has 2 atom stereocenters. The first-order valence-electron chi connectivity index (χ1n) is 8.00. The third-order valence-electron chi connectivity index (χ3n) is 4.11. The number of hydrogen-bond donors (Lipinski definition) is 2. The Balaban J connectivity index is 1.81. The van der Waals surface area contributed by atoms with E-state index in [-0.39, 0.29) is 18.4 Å². The molecule has 1 aliphatic heterocycles. The molecule has 6 heteroatoms. The third kappa shape index (κ3) is 5.37. The number of ether oxygens (including phenoxy) is 1. The number of aliphatic hydroxyl groups is 1. The summed E-state index contributed by atoms with van der Waals surface area (Å²) in [5.41, 5.74) is 1.06. The van der Waals surface area contributed by atoms with E-state index in [9.17, 15) is 9.90 Å². The first-order chi connectivity index (χ1) is 11.0. The van der Waals surface area contributed by atoms with Crippen molar-refractivity contribution in [2.24, 2.45) is 5.92 Å². The third-order valence-corrected chi connectivity index (χ3v) is 4.42. The van der Waals surface area contributed by atoms with Crippen LogP contribution in [0.4, 0.5) is 0 Å². The lowest BCUT2D eigenvalue weighted by atomic mass is 9.97. The van der Waals surface area contributed by atoms with Gasteiger partial charge in [-0.2, -0.15) is 0 Å². The molecule has 0 unspecified atom stereocenters. The van der Waals surface area contributed by atoms with E-state index in [2.05, 4.69) is 10.2 Å². The lowest BCUT2D eigenvalue weighted by Gasteiger charge is -2.32. The predicted molar refractivity (Wildman–Crippen MR) is 90.9 cm³/mol. The summed E-state index contributed by atoms with van der Waals surface area (Å²) in [5.74, 6) is 0.674. The quantitative estimate of drug-likeness (QED) is 0.829. The number of likely N-dealkylation sites (tertiary alicyclic amines) is 1. The molecule has 1 heterocycles. The minimum atomic E-state index is -0.616. The van der Waals surface area contributed by atoms with Gasteiger partial charge in [0.1, 0.15) is 18.5 Å². The lowest BCUT2D eigenvalue weighted by Crippen LogP contribution is -2.45. The number of carbonyl (C=O) groups is 1. The first kappa shape index (κ1) is 18.0. The number of halogens is 1. The van der Waals surface area contributed by atoms with Crippen molar-refractivity contribution in [3.8, 4) is 5.75 Å². The molecule has 0 aromatic heterocycles. The SMILES string of the molecule is CNC(=O)[C@H]1CCCN(C[C@@H](O)COc2cc(C)ccc2Cl)C1. The van der Waals surface area contributed by atoms with Crippen molar-refractivity contribution < 1.29 is 14.6 Å². The predicted octanol–water partition coefficient (Wildman–Crippen LogP) is 1.85. The van der Waals surface area contributed by atoms with E-state index in [0.717, 1.165) is 24.9 Å². The van der Waals surface area contributed by atoms with Gasteiger partial charge in [-0.05, 0) is 44.0 Å². The van der Waals surface area contributed by atoms with Crippen LogP contribution in [0.5, 0.6) is 5.75 Å². The van der Waals surface area contributed by atoms with Gasteiger partial charge < -0.3 is 15.2 Å². The fourth-order valence-corrected chi connectivity index (χ4v) is 3.07. The normalized spacial score (nSPS) is 20.1. The van der Waals surface area contributed by atoms with Crippen molar-refractivity contribution in [3.63, 3.8) is 0 Å². The monoisotopic (exact) mass is 340 g/mol. The van der Waals surface area contributed by atoms with Crippen LogP contribution in [0.15, 0.2) is 18.2 Å². The Morgan fingerprint density at radius 3 is 3.09 bits per heavy atom. The zero-order valence-electron chi connectivity index (χ0n) is 13.7. The standard InChI is InChI=1S/C17H25ClN2O3/c1-12-5-6-15(18)16(8-12)23-11-14(21)10-20-7-3-4-13(9-20)17(22)19-2/h5-6,8,13-14,21H,3-4,7,9-11H2,1-2H3,(H,19,22)/t13-,14+/m0/s1. The molecule has 1 saturated heterocycles. The number of aryl methyl sites for hydroxylation is 1. The molecular formula is C17H25ClN2O3. The molecule has 0 aliphatic carbocycles. The number of nitrogens with zero attached hydrogens (tertiary/aromatic N) is 1. The van der Waals surface area contributed by atoms with Crippen molar-refractivity contribution >= 4 is 17.5 Å². The van der Waals surface area contributed by atoms with Crippen LogP contribution in [0.3, 0.4) is 0 Å². The number of aliphatic hydroxyl groups excluding tert-OH is 1. The first-order valence-corrected chi connectivity index (χ1v) is 8.38. The van der Waals surface area contributed by atoms with E-state index < -0.39 is 6.10 Å². The number of amides is 1. The summed E-state index contributed by atoms with van der Waals surface area (Å²) < 4.78 is 5.63. The highest BCUT2D eigenvalue weighted by Gasteiger charge is 2.26. The maximum atomic E-state index is 11.7. The van der Waals surface area contributed by atoms with Crippen LogP contribution in [0, 0.1) is 12.8 Å². The molecule has 1 aromatic rings. The van der Waals surface area contributed by atoms with Crippen molar-refractivity contribution in [1.82, 2.24) is 10.2 Å². The van der Waals surface area contributed by atoms with Crippen LogP contribution < -0.4 is 10.1 Å². The Morgan fingerprint density at radius 2 is 2.35 bits per heavy atom. The van der Waals surface area contributed by atoms with Crippen LogP contribution in [-0.2, 0) is 4.79 Å². The maximum Gasteiger partial charge on any atom is 0.224 e. The van der Waals surface area contributed by atoms with E-state index >= 15 is 0 Å². The van der Waals surface area contributed by atoms with E-state index in [1.54, 1.807) is 13.1 Å². The summed E-state index contributed by atoms with van der Waals surface area (Å²) in [6, 6.07) is 5.56. The van der Waals surface area contributed by atoms with Crippen molar-refractivity contribution in [3.05, 3.63) is 28.8 Å².